The maximum absolute atomic E-state index is 4.32. The number of rotatable bonds is 1. The number of hydrogen-bond acceptors (Lipinski definition) is 2. The van der Waals surface area contributed by atoms with E-state index in [4.69, 9.17) is 0 Å². The number of nitrogens with zero attached hydrogens (tertiary/aromatic N) is 2. The number of halogens is 1. The molecule has 0 aliphatic heterocycles. The largest absolute Gasteiger partial charge is 0.254 e. The van der Waals surface area contributed by atoms with Crippen LogP contribution in [0, 0.1) is 0 Å². The summed E-state index contributed by atoms with van der Waals surface area (Å²) in [5, 5.41) is 0. The lowest BCUT2D eigenvalue weighted by molar-refractivity contribution is 1.12. The highest BCUT2D eigenvalue weighted by molar-refractivity contribution is 9.10. The van der Waals surface area contributed by atoms with Gasteiger partial charge in [0.25, 0.3) is 0 Å². The van der Waals surface area contributed by atoms with Gasteiger partial charge in [0.15, 0.2) is 0 Å². The van der Waals surface area contributed by atoms with E-state index >= 15 is 0 Å². The van der Waals surface area contributed by atoms with E-state index in [2.05, 4.69) is 32.8 Å². The van der Waals surface area contributed by atoms with Crippen molar-refractivity contribution in [2.24, 2.45) is 0 Å². The van der Waals surface area contributed by atoms with Crippen molar-refractivity contribution in [1.29, 1.82) is 0 Å². The Labute approximate surface area is 85.1 Å². The molecule has 0 bridgehead atoms. The van der Waals surface area contributed by atoms with Crippen LogP contribution in [0.1, 0.15) is 12.5 Å². The lowest BCUT2D eigenvalue weighted by Crippen LogP contribution is -1.90. The van der Waals surface area contributed by atoms with Crippen LogP contribution in [0.2, 0.25) is 0 Å². The topological polar surface area (TPSA) is 25.8 Å². The Bertz CT molecular complexity index is 440. The molecule has 2 nitrogen and oxygen atoms in total. The molecule has 13 heavy (non-hydrogen) atoms. The van der Waals surface area contributed by atoms with Gasteiger partial charge in [-0.1, -0.05) is 6.92 Å². The summed E-state index contributed by atoms with van der Waals surface area (Å²) >= 11 is 3.48. The van der Waals surface area contributed by atoms with Gasteiger partial charge in [0.05, 0.1) is 11.0 Å². The van der Waals surface area contributed by atoms with Crippen LogP contribution in [0.5, 0.6) is 0 Å². The molecule has 0 fully saturated rings. The first-order valence-electron chi connectivity index (χ1n) is 4.21. The average Bonchev–Trinajstić information content (AvgIpc) is 2.18. The summed E-state index contributed by atoms with van der Waals surface area (Å²) in [5.74, 6) is 0. The summed E-state index contributed by atoms with van der Waals surface area (Å²) < 4.78 is 1.04. The van der Waals surface area contributed by atoms with E-state index in [0.29, 0.717) is 0 Å². The molecule has 2 aromatic rings. The molecule has 0 aliphatic carbocycles. The second-order valence-corrected chi connectivity index (χ2v) is 3.66. The quantitative estimate of drug-likeness (QED) is 0.761. The van der Waals surface area contributed by atoms with Gasteiger partial charge in [-0.2, -0.15) is 0 Å². The Morgan fingerprint density at radius 3 is 3.00 bits per heavy atom. The third-order valence-corrected chi connectivity index (χ3v) is 2.71. The first kappa shape index (κ1) is 8.63. The van der Waals surface area contributed by atoms with Crippen molar-refractivity contribution in [3.8, 4) is 0 Å². The minimum Gasteiger partial charge on any atom is -0.254 e. The number of aromatic nitrogens is 2. The normalized spacial score (nSPS) is 10.6. The fraction of sp³-hybridized carbons (Fsp3) is 0.200. The third-order valence-electron chi connectivity index (χ3n) is 2.03. The van der Waals surface area contributed by atoms with Gasteiger partial charge < -0.3 is 0 Å². The van der Waals surface area contributed by atoms with Crippen LogP contribution in [0.15, 0.2) is 29.0 Å². The van der Waals surface area contributed by atoms with Gasteiger partial charge in [-0.05, 0) is 40.0 Å². The van der Waals surface area contributed by atoms with Crippen LogP contribution in [-0.2, 0) is 6.42 Å². The molecule has 0 amide bonds. The summed E-state index contributed by atoms with van der Waals surface area (Å²) in [4.78, 5) is 8.60. The molecule has 0 N–H and O–H groups in total. The SMILES string of the molecule is CCc1c(Br)cnc2cccnc12. The predicted molar refractivity (Wildman–Crippen MR) is 56.6 cm³/mol. The smallest absolute Gasteiger partial charge is 0.0929 e. The second kappa shape index (κ2) is 3.42. The molecule has 0 saturated heterocycles. The van der Waals surface area contributed by atoms with Gasteiger partial charge in [-0.15, -0.1) is 0 Å². The molecule has 0 radical (unpaired) electrons. The molecule has 66 valence electrons. The van der Waals surface area contributed by atoms with E-state index in [1.54, 1.807) is 6.20 Å². The van der Waals surface area contributed by atoms with E-state index < -0.39 is 0 Å². The summed E-state index contributed by atoms with van der Waals surface area (Å²) in [6, 6.07) is 3.89. The summed E-state index contributed by atoms with van der Waals surface area (Å²) in [7, 11) is 0. The van der Waals surface area contributed by atoms with Crippen molar-refractivity contribution in [2.75, 3.05) is 0 Å². The van der Waals surface area contributed by atoms with Crippen LogP contribution in [0.4, 0.5) is 0 Å². The molecule has 3 heteroatoms. The van der Waals surface area contributed by atoms with Crippen LogP contribution in [0.3, 0.4) is 0 Å². The average molecular weight is 237 g/mol. The third kappa shape index (κ3) is 1.44. The van der Waals surface area contributed by atoms with Crippen LogP contribution < -0.4 is 0 Å². The van der Waals surface area contributed by atoms with Crippen molar-refractivity contribution in [3.05, 3.63) is 34.6 Å². The van der Waals surface area contributed by atoms with Gasteiger partial charge in [-0.3, -0.25) is 9.97 Å². The van der Waals surface area contributed by atoms with Crippen molar-refractivity contribution < 1.29 is 0 Å². The standard InChI is InChI=1S/C10H9BrN2/c1-2-7-8(11)6-13-9-4-3-5-12-10(7)9/h3-6H,2H2,1H3. The maximum atomic E-state index is 4.32. The first-order chi connectivity index (χ1) is 6.33. The fourth-order valence-corrected chi connectivity index (χ4v) is 1.96. The monoisotopic (exact) mass is 236 g/mol. The van der Waals surface area contributed by atoms with Crippen LogP contribution in [-0.4, -0.2) is 9.97 Å². The number of fused-ring (bicyclic) bond motifs is 1. The Hall–Kier alpha value is -0.960. The molecule has 2 rings (SSSR count). The Morgan fingerprint density at radius 1 is 1.38 bits per heavy atom. The first-order valence-corrected chi connectivity index (χ1v) is 5.00. The van der Waals surface area contributed by atoms with Crippen molar-refractivity contribution >= 4 is 27.0 Å². The zero-order valence-corrected chi connectivity index (χ0v) is 8.87. The summed E-state index contributed by atoms with van der Waals surface area (Å²) in [5.41, 5.74) is 3.19. The zero-order chi connectivity index (χ0) is 9.26. The lowest BCUT2D eigenvalue weighted by atomic mass is 10.1. The van der Waals surface area contributed by atoms with E-state index in [1.165, 1.54) is 5.56 Å². The van der Waals surface area contributed by atoms with Gasteiger partial charge in [-0.25, -0.2) is 0 Å². The highest BCUT2D eigenvalue weighted by Crippen LogP contribution is 2.22. The molecule has 0 aromatic carbocycles. The molecule has 2 heterocycles. The summed E-state index contributed by atoms with van der Waals surface area (Å²) in [6.07, 6.45) is 4.61. The Morgan fingerprint density at radius 2 is 2.23 bits per heavy atom. The molecule has 0 aliphatic rings. The minimum atomic E-state index is 0.961. The zero-order valence-electron chi connectivity index (χ0n) is 7.29. The Kier molecular flexibility index (Phi) is 2.27. The van der Waals surface area contributed by atoms with E-state index in [-0.39, 0.29) is 0 Å². The van der Waals surface area contributed by atoms with Crippen molar-refractivity contribution in [2.45, 2.75) is 13.3 Å². The fourth-order valence-electron chi connectivity index (χ4n) is 1.39. The second-order valence-electron chi connectivity index (χ2n) is 2.81. The highest BCUT2D eigenvalue weighted by atomic mass is 79.9. The van der Waals surface area contributed by atoms with E-state index in [9.17, 15) is 0 Å². The predicted octanol–water partition coefficient (Wildman–Crippen LogP) is 2.95. The number of aryl methyl sites for hydroxylation is 1. The number of hydrogen-bond donors (Lipinski definition) is 0. The van der Waals surface area contributed by atoms with Crippen molar-refractivity contribution in [1.82, 2.24) is 9.97 Å². The van der Waals surface area contributed by atoms with Gasteiger partial charge >= 0.3 is 0 Å². The number of pyridine rings is 2. The maximum Gasteiger partial charge on any atom is 0.0929 e. The molecule has 2 aromatic heterocycles. The minimum absolute atomic E-state index is 0.961. The van der Waals surface area contributed by atoms with Gasteiger partial charge in [0.2, 0.25) is 0 Å². The lowest BCUT2D eigenvalue weighted by Gasteiger charge is -2.03. The molecule has 0 unspecified atom stereocenters. The van der Waals surface area contributed by atoms with Crippen LogP contribution >= 0.6 is 15.9 Å². The molecular formula is C10H9BrN2. The van der Waals surface area contributed by atoms with Gasteiger partial charge in [0, 0.05) is 16.9 Å². The molecule has 0 atom stereocenters. The highest BCUT2D eigenvalue weighted by Gasteiger charge is 2.04. The molecule has 0 saturated carbocycles. The summed E-state index contributed by atoms with van der Waals surface area (Å²) in [6.45, 7) is 2.12. The van der Waals surface area contributed by atoms with E-state index in [1.807, 2.05) is 18.3 Å². The molecular weight excluding hydrogens is 228 g/mol. The van der Waals surface area contributed by atoms with Crippen molar-refractivity contribution in [3.63, 3.8) is 0 Å². The van der Waals surface area contributed by atoms with E-state index in [0.717, 1.165) is 21.9 Å². The Balaban J connectivity index is 2.84. The van der Waals surface area contributed by atoms with Crippen LogP contribution in [0.25, 0.3) is 11.0 Å². The van der Waals surface area contributed by atoms with Gasteiger partial charge in [0.1, 0.15) is 0 Å². The molecule has 0 spiro atoms.